The third kappa shape index (κ3) is 2.29. The lowest BCUT2D eigenvalue weighted by molar-refractivity contribution is 0.0697. The van der Waals surface area contributed by atoms with Gasteiger partial charge in [0, 0.05) is 6.07 Å². The lowest BCUT2D eigenvalue weighted by Gasteiger charge is -2.07. The molecular formula is C14H7BrF2N2O2. The minimum absolute atomic E-state index is 0.0133. The van der Waals surface area contributed by atoms with Crippen LogP contribution in [0.2, 0.25) is 0 Å². The van der Waals surface area contributed by atoms with Gasteiger partial charge in [0.1, 0.15) is 18.0 Å². The molecule has 0 saturated carbocycles. The normalized spacial score (nSPS) is 11.0. The van der Waals surface area contributed by atoms with Crippen LogP contribution in [-0.4, -0.2) is 20.6 Å². The lowest BCUT2D eigenvalue weighted by atomic mass is 10.2. The Morgan fingerprint density at radius 3 is 2.67 bits per heavy atom. The predicted octanol–water partition coefficient (Wildman–Crippen LogP) is 3.76. The largest absolute Gasteiger partial charge is 0.478 e. The Hall–Kier alpha value is -2.28. The fourth-order valence-electron chi connectivity index (χ4n) is 2.03. The van der Waals surface area contributed by atoms with Crippen molar-refractivity contribution in [2.24, 2.45) is 0 Å². The second kappa shape index (κ2) is 4.92. The van der Waals surface area contributed by atoms with Gasteiger partial charge in [-0.15, -0.1) is 0 Å². The van der Waals surface area contributed by atoms with Gasteiger partial charge in [-0.1, -0.05) is 0 Å². The summed E-state index contributed by atoms with van der Waals surface area (Å²) in [5.41, 5.74) is 0.876. The number of hydrogen-bond acceptors (Lipinski definition) is 2. The molecule has 0 aliphatic carbocycles. The van der Waals surface area contributed by atoms with E-state index in [1.54, 1.807) is 0 Å². The van der Waals surface area contributed by atoms with Crippen LogP contribution in [0.5, 0.6) is 0 Å². The monoisotopic (exact) mass is 352 g/mol. The second-order valence-electron chi connectivity index (χ2n) is 4.34. The highest BCUT2D eigenvalue weighted by atomic mass is 79.9. The van der Waals surface area contributed by atoms with Gasteiger partial charge in [-0.3, -0.25) is 4.57 Å². The molecule has 0 fully saturated rings. The van der Waals surface area contributed by atoms with Gasteiger partial charge in [-0.2, -0.15) is 0 Å². The van der Waals surface area contributed by atoms with Crippen LogP contribution in [-0.2, 0) is 0 Å². The molecule has 0 saturated heterocycles. The Labute approximate surface area is 125 Å². The molecule has 0 spiro atoms. The second-order valence-corrected chi connectivity index (χ2v) is 5.20. The number of fused-ring (bicyclic) bond motifs is 1. The first-order valence-electron chi connectivity index (χ1n) is 5.82. The average molecular weight is 353 g/mol. The van der Waals surface area contributed by atoms with E-state index in [1.807, 2.05) is 0 Å². The van der Waals surface area contributed by atoms with Gasteiger partial charge in [-0.05, 0) is 40.2 Å². The van der Waals surface area contributed by atoms with E-state index in [2.05, 4.69) is 20.9 Å². The molecule has 7 heteroatoms. The van der Waals surface area contributed by atoms with Crippen molar-refractivity contribution in [1.82, 2.24) is 9.55 Å². The Morgan fingerprint density at radius 1 is 1.19 bits per heavy atom. The molecule has 1 aromatic heterocycles. The molecule has 0 unspecified atom stereocenters. The topological polar surface area (TPSA) is 55.1 Å². The Balaban J connectivity index is 2.27. The number of nitrogens with zero attached hydrogens (tertiary/aromatic N) is 2. The Bertz CT molecular complexity index is 877. The van der Waals surface area contributed by atoms with E-state index >= 15 is 0 Å². The molecule has 4 nitrogen and oxygen atoms in total. The third-order valence-electron chi connectivity index (χ3n) is 3.04. The van der Waals surface area contributed by atoms with Crippen molar-refractivity contribution in [2.45, 2.75) is 0 Å². The number of aromatic carboxylic acids is 1. The molecule has 0 aliphatic rings. The van der Waals surface area contributed by atoms with Gasteiger partial charge >= 0.3 is 5.97 Å². The molecule has 21 heavy (non-hydrogen) atoms. The average Bonchev–Trinajstić information content (AvgIpc) is 2.85. The number of aromatic nitrogens is 2. The van der Waals surface area contributed by atoms with Crippen LogP contribution < -0.4 is 0 Å². The van der Waals surface area contributed by atoms with Crippen LogP contribution in [0, 0.1) is 11.6 Å². The minimum atomic E-state index is -1.10. The molecule has 1 heterocycles. The summed E-state index contributed by atoms with van der Waals surface area (Å²) in [5, 5.41) is 9.01. The zero-order valence-electron chi connectivity index (χ0n) is 10.3. The molecule has 1 N–H and O–H groups in total. The third-order valence-corrected chi connectivity index (χ3v) is 3.65. The molecule has 0 atom stereocenters. The van der Waals surface area contributed by atoms with Crippen molar-refractivity contribution in [2.75, 3.05) is 0 Å². The molecule has 3 rings (SSSR count). The van der Waals surface area contributed by atoms with E-state index in [4.69, 9.17) is 5.11 Å². The number of carboxylic acid groups (broad SMARTS) is 1. The van der Waals surface area contributed by atoms with Gasteiger partial charge in [0.2, 0.25) is 0 Å². The number of halogens is 3. The number of hydrogen-bond donors (Lipinski definition) is 1. The summed E-state index contributed by atoms with van der Waals surface area (Å²) < 4.78 is 29.0. The van der Waals surface area contributed by atoms with E-state index in [0.717, 1.165) is 12.1 Å². The first-order valence-corrected chi connectivity index (χ1v) is 6.62. The molecule has 3 aromatic rings. The number of rotatable bonds is 2. The number of carbonyl (C=O) groups is 1. The maximum absolute atomic E-state index is 14.0. The maximum atomic E-state index is 14.0. The Morgan fingerprint density at radius 2 is 1.95 bits per heavy atom. The summed E-state index contributed by atoms with van der Waals surface area (Å²) >= 11 is 2.91. The predicted molar refractivity (Wildman–Crippen MR) is 75.6 cm³/mol. The van der Waals surface area contributed by atoms with Crippen molar-refractivity contribution in [3.63, 3.8) is 0 Å². The SMILES string of the molecule is O=C(O)c1ccc2ncn(-c3cc(F)c(Br)cc3F)c2c1. The van der Waals surface area contributed by atoms with Gasteiger partial charge in [0.25, 0.3) is 0 Å². The molecule has 2 aromatic carbocycles. The van der Waals surface area contributed by atoms with Gasteiger partial charge in [-0.25, -0.2) is 18.6 Å². The molecule has 0 aliphatic heterocycles. The Kier molecular flexibility index (Phi) is 3.21. The van der Waals surface area contributed by atoms with Gasteiger partial charge < -0.3 is 5.11 Å². The highest BCUT2D eigenvalue weighted by Gasteiger charge is 2.14. The molecule has 0 amide bonds. The number of benzene rings is 2. The van der Waals surface area contributed by atoms with Crippen LogP contribution >= 0.6 is 15.9 Å². The zero-order valence-corrected chi connectivity index (χ0v) is 11.9. The van der Waals surface area contributed by atoms with E-state index in [-0.39, 0.29) is 15.7 Å². The highest BCUT2D eigenvalue weighted by molar-refractivity contribution is 9.10. The van der Waals surface area contributed by atoms with Crippen molar-refractivity contribution in [1.29, 1.82) is 0 Å². The minimum Gasteiger partial charge on any atom is -0.478 e. The number of carboxylic acids is 1. The van der Waals surface area contributed by atoms with Crippen molar-refractivity contribution >= 4 is 32.9 Å². The van der Waals surface area contributed by atoms with Crippen molar-refractivity contribution < 1.29 is 18.7 Å². The van der Waals surface area contributed by atoms with Crippen LogP contribution in [0.4, 0.5) is 8.78 Å². The van der Waals surface area contributed by atoms with Crippen LogP contribution in [0.25, 0.3) is 16.7 Å². The highest BCUT2D eigenvalue weighted by Crippen LogP contribution is 2.26. The summed E-state index contributed by atoms with van der Waals surface area (Å²) in [6.07, 6.45) is 1.32. The fraction of sp³-hybridized carbons (Fsp3) is 0. The van der Waals surface area contributed by atoms with Crippen LogP contribution in [0.3, 0.4) is 0 Å². The summed E-state index contributed by atoms with van der Waals surface area (Å²) in [4.78, 5) is 15.1. The molecule has 0 bridgehead atoms. The molecule has 106 valence electrons. The molecular weight excluding hydrogens is 346 g/mol. The quantitative estimate of drug-likeness (QED) is 0.714. The summed E-state index contributed by atoms with van der Waals surface area (Å²) in [5.74, 6) is -2.38. The zero-order chi connectivity index (χ0) is 15.1. The van der Waals surface area contributed by atoms with E-state index < -0.39 is 17.6 Å². The summed E-state index contributed by atoms with van der Waals surface area (Å²) in [7, 11) is 0. The number of imidazole rings is 1. The maximum Gasteiger partial charge on any atom is 0.335 e. The first kappa shape index (κ1) is 13.7. The molecule has 0 radical (unpaired) electrons. The van der Waals surface area contributed by atoms with Gasteiger partial charge in [0.15, 0.2) is 0 Å². The summed E-state index contributed by atoms with van der Waals surface area (Å²) in [6.45, 7) is 0. The first-order chi connectivity index (χ1) is 9.97. The van der Waals surface area contributed by atoms with Crippen LogP contribution in [0.1, 0.15) is 10.4 Å². The van der Waals surface area contributed by atoms with E-state index in [0.29, 0.717) is 11.0 Å². The van der Waals surface area contributed by atoms with Gasteiger partial charge in [0.05, 0.1) is 26.8 Å². The van der Waals surface area contributed by atoms with Crippen molar-refractivity contribution in [3.05, 3.63) is 58.3 Å². The van der Waals surface area contributed by atoms with E-state index in [9.17, 15) is 13.6 Å². The summed E-state index contributed by atoms with van der Waals surface area (Å²) in [6, 6.07) is 6.32. The fourth-order valence-corrected chi connectivity index (χ4v) is 2.34. The van der Waals surface area contributed by atoms with E-state index in [1.165, 1.54) is 29.1 Å². The lowest BCUT2D eigenvalue weighted by Crippen LogP contribution is -2.00. The van der Waals surface area contributed by atoms with Crippen LogP contribution in [0.15, 0.2) is 41.1 Å². The smallest absolute Gasteiger partial charge is 0.335 e. The van der Waals surface area contributed by atoms with Crippen molar-refractivity contribution in [3.8, 4) is 5.69 Å². The standard InChI is InChI=1S/C14H7BrF2N2O2/c15-8-4-10(17)12(5-9(8)16)19-6-18-11-2-1-7(14(20)21)3-13(11)19/h1-6H,(H,20,21).